The lowest BCUT2D eigenvalue weighted by Gasteiger charge is -2.35. The van der Waals surface area contributed by atoms with E-state index in [9.17, 15) is 33.9 Å². The molecule has 5 atom stereocenters. The third-order valence-corrected chi connectivity index (χ3v) is 8.73. The van der Waals surface area contributed by atoms with Gasteiger partial charge in [0, 0.05) is 45.4 Å². The highest BCUT2D eigenvalue weighted by molar-refractivity contribution is 5.95. The van der Waals surface area contributed by atoms with Gasteiger partial charge in [0.05, 0.1) is 12.7 Å². The lowest BCUT2D eigenvalue weighted by molar-refractivity contribution is -0.145. The van der Waals surface area contributed by atoms with E-state index in [1.165, 1.54) is 4.90 Å². The zero-order valence-corrected chi connectivity index (χ0v) is 29.3. The SMILES string of the molecule is CC(C)(C)[C@@H]1NC(=O)COCCNC(=O)[C@@H](CN)NC(=O)CCNC(=O)[C@@H](Cc2ccc(-c3ccccc3)cc2)NC(=O)C2C[C@@H](O)CN2C1=O. The van der Waals surface area contributed by atoms with Gasteiger partial charge in [-0.2, -0.15) is 0 Å². The average molecular weight is 708 g/mol. The molecule has 0 aliphatic carbocycles. The minimum Gasteiger partial charge on any atom is -0.391 e. The molecule has 8 N–H and O–H groups in total. The molecule has 276 valence electrons. The minimum atomic E-state index is -1.12. The third kappa shape index (κ3) is 11.1. The summed E-state index contributed by atoms with van der Waals surface area (Å²) >= 11 is 0. The lowest BCUT2D eigenvalue weighted by atomic mass is 9.85. The molecule has 15 nitrogen and oxygen atoms in total. The fourth-order valence-electron chi connectivity index (χ4n) is 5.95. The standard InChI is InChI=1S/C36H49N7O8/c1-36(2,3)31-35(50)43-20-25(44)18-28(43)34(49)41-26(17-22-9-11-24(12-10-22)23-7-5-4-6-8-23)32(47)38-14-13-29(45)40-27(19-37)33(48)39-15-16-51-21-30(46)42-31/h4-12,25-28,31,44H,13-21,37H2,1-3H3,(H,38,47)(H,39,48)(H,40,45)(H,41,49)(H,42,46)/t25-,26-,27-,28?,31-/m1/s1. The Balaban J connectivity index is 1.60. The van der Waals surface area contributed by atoms with E-state index < -0.39 is 77.7 Å². The number of aliphatic hydroxyl groups excluding tert-OH is 1. The lowest BCUT2D eigenvalue weighted by Crippen LogP contribution is -2.59. The number of fused-ring (bicyclic) bond motifs is 1. The van der Waals surface area contributed by atoms with Crippen molar-refractivity contribution in [2.45, 2.75) is 70.3 Å². The Labute approximate surface area is 297 Å². The summed E-state index contributed by atoms with van der Waals surface area (Å²) in [5, 5.41) is 23.9. The second kappa shape index (κ2) is 17.9. The molecule has 1 unspecified atom stereocenters. The fourth-order valence-corrected chi connectivity index (χ4v) is 5.95. The number of nitrogens with zero attached hydrogens (tertiary/aromatic N) is 1. The molecule has 2 aliphatic rings. The van der Waals surface area contributed by atoms with Crippen LogP contribution in [0.5, 0.6) is 0 Å². The quantitative estimate of drug-likeness (QED) is 0.206. The van der Waals surface area contributed by atoms with Crippen molar-refractivity contribution in [3.63, 3.8) is 0 Å². The average Bonchev–Trinajstić information content (AvgIpc) is 3.50. The Bertz CT molecular complexity index is 1550. The molecule has 0 spiro atoms. The second-order valence-electron chi connectivity index (χ2n) is 13.8. The Morgan fingerprint density at radius 2 is 1.45 bits per heavy atom. The Morgan fingerprint density at radius 3 is 2.12 bits per heavy atom. The highest BCUT2D eigenvalue weighted by atomic mass is 16.5. The summed E-state index contributed by atoms with van der Waals surface area (Å²) in [7, 11) is 0. The zero-order chi connectivity index (χ0) is 37.1. The number of rotatable bonds is 4. The van der Waals surface area contributed by atoms with Gasteiger partial charge in [0.2, 0.25) is 35.4 Å². The van der Waals surface area contributed by atoms with Crippen molar-refractivity contribution in [3.05, 3.63) is 60.2 Å². The van der Waals surface area contributed by atoms with Gasteiger partial charge in [-0.05, 0) is 22.1 Å². The summed E-state index contributed by atoms with van der Waals surface area (Å²) in [6.45, 7) is 4.42. The van der Waals surface area contributed by atoms with E-state index in [1.54, 1.807) is 20.8 Å². The van der Waals surface area contributed by atoms with Crippen LogP contribution < -0.4 is 32.3 Å². The van der Waals surface area contributed by atoms with E-state index in [0.29, 0.717) is 0 Å². The molecule has 2 heterocycles. The van der Waals surface area contributed by atoms with Crippen molar-refractivity contribution in [1.82, 2.24) is 31.5 Å². The zero-order valence-electron chi connectivity index (χ0n) is 29.3. The van der Waals surface area contributed by atoms with Gasteiger partial charge in [-0.25, -0.2) is 0 Å². The van der Waals surface area contributed by atoms with Gasteiger partial charge in [0.15, 0.2) is 0 Å². The van der Waals surface area contributed by atoms with Gasteiger partial charge in [-0.3, -0.25) is 28.8 Å². The highest BCUT2D eigenvalue weighted by Crippen LogP contribution is 2.26. The van der Waals surface area contributed by atoms with Crippen molar-refractivity contribution in [3.8, 4) is 11.1 Å². The largest absolute Gasteiger partial charge is 0.391 e. The first kappa shape index (κ1) is 38.9. The van der Waals surface area contributed by atoms with Crippen molar-refractivity contribution >= 4 is 35.4 Å². The molecule has 15 heteroatoms. The van der Waals surface area contributed by atoms with Crippen LogP contribution in [0, 0.1) is 5.41 Å². The maximum Gasteiger partial charge on any atom is 0.246 e. The smallest absolute Gasteiger partial charge is 0.246 e. The maximum absolute atomic E-state index is 14.0. The van der Waals surface area contributed by atoms with Gasteiger partial charge >= 0.3 is 0 Å². The number of carbonyl (C=O) groups excluding carboxylic acids is 6. The van der Waals surface area contributed by atoms with Crippen molar-refractivity contribution in [2.24, 2.45) is 11.1 Å². The Morgan fingerprint density at radius 1 is 0.804 bits per heavy atom. The van der Waals surface area contributed by atoms with E-state index in [-0.39, 0.29) is 52.0 Å². The van der Waals surface area contributed by atoms with Crippen LogP contribution in [0.25, 0.3) is 11.1 Å². The number of hydrogen-bond donors (Lipinski definition) is 7. The number of hydrogen-bond acceptors (Lipinski definition) is 9. The van der Waals surface area contributed by atoms with E-state index in [2.05, 4.69) is 26.6 Å². The molecule has 0 aromatic heterocycles. The van der Waals surface area contributed by atoms with Gasteiger partial charge in [-0.1, -0.05) is 75.4 Å². The van der Waals surface area contributed by atoms with Crippen LogP contribution in [0.2, 0.25) is 0 Å². The van der Waals surface area contributed by atoms with Crippen molar-refractivity contribution in [1.29, 1.82) is 0 Å². The van der Waals surface area contributed by atoms with Crippen LogP contribution in [-0.4, -0.2) is 115 Å². The van der Waals surface area contributed by atoms with Crippen LogP contribution in [0.15, 0.2) is 54.6 Å². The first-order chi connectivity index (χ1) is 24.3. The minimum absolute atomic E-state index is 0.0228. The number of carbonyl (C=O) groups is 6. The molecular formula is C36H49N7O8. The van der Waals surface area contributed by atoms with Gasteiger partial charge in [-0.15, -0.1) is 0 Å². The first-order valence-corrected chi connectivity index (χ1v) is 17.1. The van der Waals surface area contributed by atoms with Crippen LogP contribution in [0.4, 0.5) is 0 Å². The molecule has 2 aliphatic heterocycles. The van der Waals surface area contributed by atoms with E-state index in [0.717, 1.165) is 16.7 Å². The second-order valence-corrected chi connectivity index (χ2v) is 13.8. The molecular weight excluding hydrogens is 658 g/mol. The molecule has 0 bridgehead atoms. The molecule has 2 fully saturated rings. The monoisotopic (exact) mass is 707 g/mol. The summed E-state index contributed by atoms with van der Waals surface area (Å²) in [5.74, 6) is -3.48. The number of nitrogens with two attached hydrogens (primary N) is 1. The van der Waals surface area contributed by atoms with Crippen molar-refractivity contribution < 1.29 is 38.6 Å². The number of nitrogens with one attached hydrogen (secondary N) is 5. The maximum atomic E-state index is 14.0. The summed E-state index contributed by atoms with van der Waals surface area (Å²) < 4.78 is 5.40. The molecule has 6 amide bonds. The van der Waals surface area contributed by atoms with Crippen LogP contribution in [0.1, 0.15) is 39.2 Å². The predicted octanol–water partition coefficient (Wildman–Crippen LogP) is -1.03. The molecule has 0 saturated carbocycles. The number of amides is 6. The summed E-state index contributed by atoms with van der Waals surface area (Å²) in [6.07, 6.45) is -1.17. The molecule has 2 aromatic carbocycles. The van der Waals surface area contributed by atoms with Crippen molar-refractivity contribution in [2.75, 3.05) is 39.4 Å². The summed E-state index contributed by atoms with van der Waals surface area (Å²) in [6, 6.07) is 12.9. The summed E-state index contributed by atoms with van der Waals surface area (Å²) in [4.78, 5) is 80.8. The topological polar surface area (TPSA) is 221 Å². The van der Waals surface area contributed by atoms with E-state index in [4.69, 9.17) is 10.5 Å². The number of ether oxygens (including phenoxy) is 1. The van der Waals surface area contributed by atoms with Gasteiger partial charge < -0.3 is 47.1 Å². The van der Waals surface area contributed by atoms with Crippen LogP contribution >= 0.6 is 0 Å². The molecule has 51 heavy (non-hydrogen) atoms. The number of benzene rings is 2. The molecule has 0 radical (unpaired) electrons. The van der Waals surface area contributed by atoms with Gasteiger partial charge in [0.25, 0.3) is 0 Å². The third-order valence-electron chi connectivity index (χ3n) is 8.73. The number of aliphatic hydroxyl groups is 1. The normalized spacial score (nSPS) is 25.3. The molecule has 2 saturated heterocycles. The van der Waals surface area contributed by atoms with E-state index in [1.807, 2.05) is 54.6 Å². The molecule has 2 aromatic rings. The Hall–Kier alpha value is -4.86. The van der Waals surface area contributed by atoms with E-state index >= 15 is 0 Å². The van der Waals surface area contributed by atoms with Crippen LogP contribution in [0.3, 0.4) is 0 Å². The first-order valence-electron chi connectivity index (χ1n) is 17.1. The fraction of sp³-hybridized carbons (Fsp3) is 0.500. The highest BCUT2D eigenvalue weighted by Gasteiger charge is 2.45. The molecule has 4 rings (SSSR count). The predicted molar refractivity (Wildman–Crippen MR) is 187 cm³/mol. The van der Waals surface area contributed by atoms with Gasteiger partial charge in [0.1, 0.15) is 30.8 Å². The van der Waals surface area contributed by atoms with Crippen LogP contribution in [-0.2, 0) is 39.9 Å². The summed E-state index contributed by atoms with van der Waals surface area (Å²) in [5.41, 5.74) is 7.63. The Kier molecular flexibility index (Phi) is 13.6.